The molecule has 4 aromatic rings. The number of aromatic nitrogens is 3. The van der Waals surface area contributed by atoms with E-state index in [1.807, 2.05) is 51.1 Å². The molecule has 36 heavy (non-hydrogen) atoms. The first kappa shape index (κ1) is 24.9. The number of H-pyrrole nitrogens is 1. The Bertz CT molecular complexity index is 1480. The van der Waals surface area contributed by atoms with Crippen LogP contribution >= 0.6 is 11.8 Å². The van der Waals surface area contributed by atoms with Crippen LogP contribution in [-0.2, 0) is 4.79 Å². The summed E-state index contributed by atoms with van der Waals surface area (Å²) in [5.41, 5.74) is 4.66. The Kier molecular flexibility index (Phi) is 7.60. The maximum absolute atomic E-state index is 12.9. The third-order valence-corrected chi connectivity index (χ3v) is 6.26. The standard InChI is InChI=1S/C27H25N5O3S/c1-16-10-12-21(29-25(34)19-7-5-4-6-8-19)20(13-16)24-26(35)30-27(32-31-24)36-15-23(33)28-22-14-17(2)9-11-18(22)3/h4-14H,15H2,1-3H3,(H,28,33)(H,29,34)(H,30,32,35). The Labute approximate surface area is 212 Å². The maximum Gasteiger partial charge on any atom is 0.278 e. The second-order valence-corrected chi connectivity index (χ2v) is 9.30. The highest BCUT2D eigenvalue weighted by Gasteiger charge is 2.16. The largest absolute Gasteiger partial charge is 0.325 e. The van der Waals surface area contributed by atoms with Gasteiger partial charge in [0, 0.05) is 16.8 Å². The summed E-state index contributed by atoms with van der Waals surface area (Å²) in [4.78, 5) is 40.7. The molecule has 0 saturated heterocycles. The molecule has 0 bridgehead atoms. The van der Waals surface area contributed by atoms with E-state index in [9.17, 15) is 14.4 Å². The van der Waals surface area contributed by atoms with Crippen molar-refractivity contribution in [3.8, 4) is 11.3 Å². The first-order valence-electron chi connectivity index (χ1n) is 11.2. The summed E-state index contributed by atoms with van der Waals surface area (Å²) in [6.07, 6.45) is 0. The molecular formula is C27H25N5O3S. The van der Waals surface area contributed by atoms with Crippen LogP contribution in [0.1, 0.15) is 27.0 Å². The van der Waals surface area contributed by atoms with Crippen molar-refractivity contribution in [3.63, 3.8) is 0 Å². The number of hydrogen-bond donors (Lipinski definition) is 3. The molecule has 0 spiro atoms. The molecule has 0 aliphatic heterocycles. The van der Waals surface area contributed by atoms with Gasteiger partial charge >= 0.3 is 0 Å². The van der Waals surface area contributed by atoms with Crippen LogP contribution in [0.3, 0.4) is 0 Å². The molecule has 0 atom stereocenters. The molecule has 8 nitrogen and oxygen atoms in total. The number of thioether (sulfide) groups is 1. The third-order valence-electron chi connectivity index (χ3n) is 5.40. The number of amides is 2. The average molecular weight is 500 g/mol. The lowest BCUT2D eigenvalue weighted by Gasteiger charge is -2.12. The smallest absolute Gasteiger partial charge is 0.278 e. The summed E-state index contributed by atoms with van der Waals surface area (Å²) >= 11 is 1.08. The molecule has 0 unspecified atom stereocenters. The molecule has 2 amide bonds. The predicted molar refractivity (Wildman–Crippen MR) is 142 cm³/mol. The fraction of sp³-hybridized carbons (Fsp3) is 0.148. The van der Waals surface area contributed by atoms with E-state index >= 15 is 0 Å². The number of anilines is 2. The van der Waals surface area contributed by atoms with Crippen molar-refractivity contribution < 1.29 is 9.59 Å². The second-order valence-electron chi connectivity index (χ2n) is 8.33. The lowest BCUT2D eigenvalue weighted by atomic mass is 10.1. The molecule has 1 heterocycles. The Morgan fingerprint density at radius 1 is 0.861 bits per heavy atom. The van der Waals surface area contributed by atoms with Crippen molar-refractivity contribution in [3.05, 3.63) is 99.3 Å². The highest BCUT2D eigenvalue weighted by molar-refractivity contribution is 7.99. The summed E-state index contributed by atoms with van der Waals surface area (Å²) in [5.74, 6) is -0.461. The number of nitrogens with zero attached hydrogens (tertiary/aromatic N) is 2. The van der Waals surface area contributed by atoms with Crippen LogP contribution in [0.25, 0.3) is 11.3 Å². The van der Waals surface area contributed by atoms with Crippen LogP contribution in [0.4, 0.5) is 11.4 Å². The molecule has 3 aromatic carbocycles. The summed E-state index contributed by atoms with van der Waals surface area (Å²) in [6, 6.07) is 20.0. The molecule has 0 fully saturated rings. The SMILES string of the molecule is Cc1ccc(C)c(NC(=O)CSc2nnc(-c3cc(C)ccc3NC(=O)c3ccccc3)c(=O)[nH]2)c1. The zero-order chi connectivity index (χ0) is 25.7. The third kappa shape index (κ3) is 6.05. The van der Waals surface area contributed by atoms with Gasteiger partial charge in [-0.15, -0.1) is 10.2 Å². The number of aryl methyl sites for hydroxylation is 3. The van der Waals surface area contributed by atoms with Gasteiger partial charge in [0.2, 0.25) is 5.91 Å². The van der Waals surface area contributed by atoms with Gasteiger partial charge in [0.25, 0.3) is 11.5 Å². The highest BCUT2D eigenvalue weighted by Crippen LogP contribution is 2.26. The van der Waals surface area contributed by atoms with E-state index in [1.165, 1.54) is 0 Å². The van der Waals surface area contributed by atoms with Crippen molar-refractivity contribution in [2.24, 2.45) is 0 Å². The number of benzene rings is 3. The van der Waals surface area contributed by atoms with Crippen molar-refractivity contribution in [1.29, 1.82) is 0 Å². The average Bonchev–Trinajstić information content (AvgIpc) is 2.87. The summed E-state index contributed by atoms with van der Waals surface area (Å²) in [6.45, 7) is 5.76. The van der Waals surface area contributed by atoms with Crippen LogP contribution in [0.5, 0.6) is 0 Å². The number of aromatic amines is 1. The normalized spacial score (nSPS) is 10.6. The topological polar surface area (TPSA) is 117 Å². The minimum absolute atomic E-state index is 0.0557. The fourth-order valence-electron chi connectivity index (χ4n) is 3.50. The van der Waals surface area contributed by atoms with E-state index < -0.39 is 5.56 Å². The second kappa shape index (κ2) is 11.0. The molecule has 0 aliphatic carbocycles. The zero-order valence-corrected chi connectivity index (χ0v) is 20.9. The van der Waals surface area contributed by atoms with Gasteiger partial charge in [-0.05, 0) is 62.2 Å². The monoisotopic (exact) mass is 499 g/mol. The molecule has 9 heteroatoms. The Morgan fingerprint density at radius 2 is 1.58 bits per heavy atom. The molecule has 3 N–H and O–H groups in total. The van der Waals surface area contributed by atoms with E-state index in [1.54, 1.807) is 36.4 Å². The van der Waals surface area contributed by atoms with Gasteiger partial charge in [0.05, 0.1) is 11.4 Å². The van der Waals surface area contributed by atoms with E-state index in [0.29, 0.717) is 16.8 Å². The Morgan fingerprint density at radius 3 is 2.33 bits per heavy atom. The highest BCUT2D eigenvalue weighted by atomic mass is 32.2. The predicted octanol–water partition coefficient (Wildman–Crippen LogP) is 4.74. The van der Waals surface area contributed by atoms with Crippen LogP contribution < -0.4 is 16.2 Å². The molecule has 0 saturated carbocycles. The van der Waals surface area contributed by atoms with Gasteiger partial charge < -0.3 is 10.6 Å². The Hall–Kier alpha value is -4.24. The van der Waals surface area contributed by atoms with Gasteiger partial charge in [-0.2, -0.15) is 0 Å². The molecule has 0 aliphatic rings. The van der Waals surface area contributed by atoms with Crippen LogP contribution in [-0.4, -0.2) is 32.7 Å². The number of nitrogens with one attached hydrogen (secondary N) is 3. The molecule has 182 valence electrons. The van der Waals surface area contributed by atoms with E-state index in [0.717, 1.165) is 34.1 Å². The van der Waals surface area contributed by atoms with Gasteiger partial charge in [-0.25, -0.2) is 0 Å². The Balaban J connectivity index is 1.49. The number of hydrogen-bond acceptors (Lipinski definition) is 6. The van der Waals surface area contributed by atoms with Gasteiger partial charge in [-0.3, -0.25) is 19.4 Å². The first-order chi connectivity index (χ1) is 17.3. The lowest BCUT2D eigenvalue weighted by molar-refractivity contribution is -0.113. The molecular weight excluding hydrogens is 474 g/mol. The molecule has 1 aromatic heterocycles. The van der Waals surface area contributed by atoms with E-state index in [2.05, 4.69) is 25.8 Å². The van der Waals surface area contributed by atoms with Crippen molar-refractivity contribution >= 4 is 35.0 Å². The maximum atomic E-state index is 12.9. The zero-order valence-electron chi connectivity index (χ0n) is 20.1. The number of rotatable bonds is 7. The summed E-state index contributed by atoms with van der Waals surface area (Å²) in [5, 5.41) is 14.2. The van der Waals surface area contributed by atoms with Crippen LogP contribution in [0.2, 0.25) is 0 Å². The minimum Gasteiger partial charge on any atom is -0.325 e. The molecule has 4 rings (SSSR count). The van der Waals surface area contributed by atoms with Crippen molar-refractivity contribution in [2.75, 3.05) is 16.4 Å². The van der Waals surface area contributed by atoms with E-state index in [-0.39, 0.29) is 28.4 Å². The number of carbonyl (C=O) groups is 2. The van der Waals surface area contributed by atoms with E-state index in [4.69, 9.17) is 0 Å². The van der Waals surface area contributed by atoms with Gasteiger partial charge in [0.1, 0.15) is 0 Å². The fourth-order valence-corrected chi connectivity index (χ4v) is 4.10. The quantitative estimate of drug-likeness (QED) is 0.316. The number of carbonyl (C=O) groups excluding carboxylic acids is 2. The lowest BCUT2D eigenvalue weighted by Crippen LogP contribution is -2.18. The minimum atomic E-state index is -0.469. The van der Waals surface area contributed by atoms with Crippen LogP contribution in [0.15, 0.2) is 76.7 Å². The van der Waals surface area contributed by atoms with Gasteiger partial charge in [0.15, 0.2) is 10.9 Å². The molecule has 0 radical (unpaired) electrons. The first-order valence-corrected chi connectivity index (χ1v) is 12.2. The summed E-state index contributed by atoms with van der Waals surface area (Å²) in [7, 11) is 0. The van der Waals surface area contributed by atoms with Gasteiger partial charge in [-0.1, -0.05) is 53.7 Å². The van der Waals surface area contributed by atoms with Crippen molar-refractivity contribution in [1.82, 2.24) is 15.2 Å². The van der Waals surface area contributed by atoms with Crippen LogP contribution in [0, 0.1) is 20.8 Å². The summed E-state index contributed by atoms with van der Waals surface area (Å²) < 4.78 is 0. The van der Waals surface area contributed by atoms with Crippen molar-refractivity contribution in [2.45, 2.75) is 25.9 Å².